The topological polar surface area (TPSA) is 32.8 Å². The van der Waals surface area contributed by atoms with E-state index in [1.54, 1.807) is 0 Å². The van der Waals surface area contributed by atoms with Gasteiger partial charge in [-0.05, 0) is 48.7 Å². The van der Waals surface area contributed by atoms with E-state index in [4.69, 9.17) is 4.74 Å². The quantitative estimate of drug-likeness (QED) is 0.573. The Morgan fingerprint density at radius 2 is 1.89 bits per heavy atom. The molecule has 1 unspecified atom stereocenters. The number of carbonyl (C=O) groups excluding carboxylic acids is 1. The van der Waals surface area contributed by atoms with Crippen LogP contribution in [0.3, 0.4) is 0 Å². The molecule has 1 amide bonds. The number of carbonyl (C=O) groups is 1. The summed E-state index contributed by atoms with van der Waals surface area (Å²) in [6, 6.07) is 15.6. The molecule has 7 heteroatoms. The van der Waals surface area contributed by atoms with Gasteiger partial charge in [-0.3, -0.25) is 4.90 Å². The van der Waals surface area contributed by atoms with Crippen molar-refractivity contribution in [1.82, 2.24) is 9.80 Å². The van der Waals surface area contributed by atoms with Gasteiger partial charge in [0.2, 0.25) is 0 Å². The normalized spacial score (nSPS) is 19.1. The summed E-state index contributed by atoms with van der Waals surface area (Å²) in [6.45, 7) is 5.45. The Hall–Kier alpha value is -1.21. The largest absolute Gasteiger partial charge is 0.450 e. The maximum atomic E-state index is 12.0. The van der Waals surface area contributed by atoms with Crippen LogP contribution >= 0.6 is 40.1 Å². The van der Waals surface area contributed by atoms with Crippen molar-refractivity contribution in [3.05, 3.63) is 58.1 Å². The standard InChI is InChI=1S/C21H23BrN2O2S.ClH/c1-2-26-21(25)24-11-9-23(10-12-24)18-14-15-13-16(22)7-8-19(15)27-20-6-4-3-5-17(18)20;/h3-8,13,18H,2,9-12,14H2,1H3;1H. The number of hydrogen-bond acceptors (Lipinski definition) is 4. The Morgan fingerprint density at radius 1 is 1.14 bits per heavy atom. The fourth-order valence-electron chi connectivity index (χ4n) is 3.85. The lowest BCUT2D eigenvalue weighted by Gasteiger charge is -2.39. The minimum Gasteiger partial charge on any atom is -0.450 e. The number of ether oxygens (including phenoxy) is 1. The fourth-order valence-corrected chi connectivity index (χ4v) is 5.37. The Labute approximate surface area is 185 Å². The van der Waals surface area contributed by atoms with Gasteiger partial charge >= 0.3 is 6.09 Å². The maximum Gasteiger partial charge on any atom is 0.409 e. The van der Waals surface area contributed by atoms with E-state index in [0.717, 1.165) is 37.1 Å². The van der Waals surface area contributed by atoms with Crippen LogP contribution in [-0.4, -0.2) is 48.7 Å². The summed E-state index contributed by atoms with van der Waals surface area (Å²) < 4.78 is 6.28. The molecular formula is C21H24BrClN2O2S. The summed E-state index contributed by atoms with van der Waals surface area (Å²) >= 11 is 5.48. The van der Waals surface area contributed by atoms with Gasteiger partial charge in [-0.1, -0.05) is 45.9 Å². The fraction of sp³-hybridized carbons (Fsp3) is 0.381. The third-order valence-corrected chi connectivity index (χ3v) is 6.92. The summed E-state index contributed by atoms with van der Waals surface area (Å²) in [5, 5.41) is 0. The number of fused-ring (bicyclic) bond motifs is 2. The third-order valence-electron chi connectivity index (χ3n) is 5.21. The first kappa shape index (κ1) is 21.5. The molecule has 0 spiro atoms. The van der Waals surface area contributed by atoms with Crippen molar-refractivity contribution in [3.63, 3.8) is 0 Å². The summed E-state index contributed by atoms with van der Waals surface area (Å²) in [7, 11) is 0. The number of amides is 1. The minimum atomic E-state index is -0.191. The van der Waals surface area contributed by atoms with Crippen molar-refractivity contribution in [3.8, 4) is 0 Å². The maximum absolute atomic E-state index is 12.0. The van der Waals surface area contributed by atoms with Gasteiger partial charge < -0.3 is 9.64 Å². The van der Waals surface area contributed by atoms with Gasteiger partial charge in [0.25, 0.3) is 0 Å². The Balaban J connectivity index is 0.00000225. The average molecular weight is 484 g/mol. The van der Waals surface area contributed by atoms with E-state index in [1.807, 2.05) is 23.6 Å². The minimum absolute atomic E-state index is 0. The van der Waals surface area contributed by atoms with E-state index in [0.29, 0.717) is 12.6 Å². The SMILES string of the molecule is CCOC(=O)N1CCN(C2Cc3cc(Br)ccc3Sc3ccccc32)CC1.Cl. The van der Waals surface area contributed by atoms with Crippen LogP contribution in [0.25, 0.3) is 0 Å². The van der Waals surface area contributed by atoms with E-state index in [2.05, 4.69) is 63.3 Å². The summed E-state index contributed by atoms with van der Waals surface area (Å²) in [5.74, 6) is 0. The summed E-state index contributed by atoms with van der Waals surface area (Å²) in [4.78, 5) is 19.0. The summed E-state index contributed by atoms with van der Waals surface area (Å²) in [6.07, 6.45) is 0.793. The number of hydrogen-bond donors (Lipinski definition) is 0. The molecule has 1 fully saturated rings. The van der Waals surface area contributed by atoms with Crippen LogP contribution in [0.4, 0.5) is 4.79 Å². The molecule has 1 saturated heterocycles. The van der Waals surface area contributed by atoms with E-state index in [1.165, 1.54) is 20.9 Å². The second-order valence-electron chi connectivity index (χ2n) is 6.83. The molecule has 0 aromatic heterocycles. The number of rotatable bonds is 2. The Morgan fingerprint density at radius 3 is 2.64 bits per heavy atom. The summed E-state index contributed by atoms with van der Waals surface area (Å²) in [5.41, 5.74) is 2.77. The molecule has 0 N–H and O–H groups in total. The Bertz CT molecular complexity index is 843. The monoisotopic (exact) mass is 482 g/mol. The first-order valence-electron chi connectivity index (χ1n) is 9.36. The molecule has 0 bridgehead atoms. The lowest BCUT2D eigenvalue weighted by atomic mass is 9.96. The van der Waals surface area contributed by atoms with E-state index < -0.39 is 0 Å². The zero-order valence-electron chi connectivity index (χ0n) is 15.8. The van der Waals surface area contributed by atoms with Crippen molar-refractivity contribution >= 4 is 46.2 Å². The van der Waals surface area contributed by atoms with Gasteiger partial charge in [-0.2, -0.15) is 0 Å². The lowest BCUT2D eigenvalue weighted by Crippen LogP contribution is -2.50. The van der Waals surface area contributed by atoms with Crippen LogP contribution in [0.5, 0.6) is 0 Å². The van der Waals surface area contributed by atoms with Gasteiger partial charge in [0.15, 0.2) is 0 Å². The highest BCUT2D eigenvalue weighted by Crippen LogP contribution is 2.43. The van der Waals surface area contributed by atoms with Crippen LogP contribution in [0.15, 0.2) is 56.7 Å². The highest BCUT2D eigenvalue weighted by atomic mass is 79.9. The molecular weight excluding hydrogens is 460 g/mol. The molecule has 0 aliphatic carbocycles. The molecule has 4 rings (SSSR count). The molecule has 1 atom stereocenters. The predicted octanol–water partition coefficient (Wildman–Crippen LogP) is 5.39. The van der Waals surface area contributed by atoms with Gasteiger partial charge in [0, 0.05) is 46.5 Å². The molecule has 150 valence electrons. The third kappa shape index (κ3) is 4.51. The number of benzene rings is 2. The van der Waals surface area contributed by atoms with Gasteiger partial charge in [-0.25, -0.2) is 4.79 Å². The first-order chi connectivity index (χ1) is 13.2. The van der Waals surface area contributed by atoms with Crippen LogP contribution in [-0.2, 0) is 11.2 Å². The van der Waals surface area contributed by atoms with Crippen molar-refractivity contribution < 1.29 is 9.53 Å². The zero-order valence-corrected chi connectivity index (χ0v) is 19.0. The van der Waals surface area contributed by atoms with Gasteiger partial charge in [-0.15, -0.1) is 12.4 Å². The molecule has 0 radical (unpaired) electrons. The molecule has 2 aliphatic heterocycles. The van der Waals surface area contributed by atoms with Crippen LogP contribution in [0.2, 0.25) is 0 Å². The number of nitrogens with zero attached hydrogens (tertiary/aromatic N) is 2. The molecule has 2 aromatic carbocycles. The second-order valence-corrected chi connectivity index (χ2v) is 8.83. The van der Waals surface area contributed by atoms with Gasteiger partial charge in [0.05, 0.1) is 6.61 Å². The molecule has 2 aliphatic rings. The second kappa shape index (κ2) is 9.53. The molecule has 2 heterocycles. The van der Waals surface area contributed by atoms with Crippen molar-refractivity contribution in [2.45, 2.75) is 29.2 Å². The molecule has 28 heavy (non-hydrogen) atoms. The van der Waals surface area contributed by atoms with Crippen LogP contribution in [0, 0.1) is 0 Å². The number of halogens is 2. The smallest absolute Gasteiger partial charge is 0.409 e. The lowest BCUT2D eigenvalue weighted by molar-refractivity contribution is 0.0652. The molecule has 0 saturated carbocycles. The van der Waals surface area contributed by atoms with E-state index >= 15 is 0 Å². The van der Waals surface area contributed by atoms with E-state index in [9.17, 15) is 4.79 Å². The van der Waals surface area contributed by atoms with E-state index in [-0.39, 0.29) is 18.5 Å². The predicted molar refractivity (Wildman–Crippen MR) is 119 cm³/mol. The van der Waals surface area contributed by atoms with Crippen molar-refractivity contribution in [1.29, 1.82) is 0 Å². The van der Waals surface area contributed by atoms with Crippen LogP contribution in [0.1, 0.15) is 24.1 Å². The van der Waals surface area contributed by atoms with Crippen LogP contribution < -0.4 is 0 Å². The highest BCUT2D eigenvalue weighted by molar-refractivity contribution is 9.10. The highest BCUT2D eigenvalue weighted by Gasteiger charge is 2.31. The zero-order chi connectivity index (χ0) is 18.8. The Kier molecular flexibility index (Phi) is 7.31. The molecule has 2 aromatic rings. The number of piperazine rings is 1. The average Bonchev–Trinajstić information content (AvgIpc) is 2.85. The van der Waals surface area contributed by atoms with Gasteiger partial charge in [0.1, 0.15) is 0 Å². The van der Waals surface area contributed by atoms with Crippen molar-refractivity contribution in [2.75, 3.05) is 32.8 Å². The first-order valence-corrected chi connectivity index (χ1v) is 11.0. The van der Waals surface area contributed by atoms with Crippen molar-refractivity contribution in [2.24, 2.45) is 0 Å². The molecule has 4 nitrogen and oxygen atoms in total.